The van der Waals surface area contributed by atoms with Crippen LogP contribution in [0.2, 0.25) is 0 Å². The Hall–Kier alpha value is -5.37. The van der Waals surface area contributed by atoms with E-state index < -0.39 is 32.2 Å². The number of benzene rings is 1. The van der Waals surface area contributed by atoms with Crippen molar-refractivity contribution in [3.63, 3.8) is 0 Å². The normalized spacial score (nSPS) is 18.8. The minimum absolute atomic E-state index is 0.148. The van der Waals surface area contributed by atoms with Gasteiger partial charge in [0.2, 0.25) is 5.91 Å². The summed E-state index contributed by atoms with van der Waals surface area (Å²) in [5.41, 5.74) is 2.24. The highest BCUT2D eigenvalue weighted by molar-refractivity contribution is 5.91. The first-order valence-corrected chi connectivity index (χ1v) is 14.1. The average molecular weight is 617 g/mol. The topological polar surface area (TPSA) is 126 Å². The van der Waals surface area contributed by atoms with Crippen molar-refractivity contribution in [3.8, 4) is 17.2 Å². The molecule has 13 nitrogen and oxygen atoms in total. The molecule has 0 saturated carbocycles. The van der Waals surface area contributed by atoms with Gasteiger partial charge < -0.3 is 29.5 Å². The van der Waals surface area contributed by atoms with Crippen LogP contribution in [0.4, 0.5) is 21.7 Å². The molecule has 1 aromatic carbocycles. The van der Waals surface area contributed by atoms with Crippen LogP contribution in [0, 0.1) is 12.7 Å². The molecule has 0 aliphatic carbocycles. The van der Waals surface area contributed by atoms with Crippen LogP contribution < -0.4 is 19.7 Å². The van der Waals surface area contributed by atoms with E-state index in [4.69, 9.17) is 22.7 Å². The Kier molecular flexibility index (Phi) is 5.73. The standard InChI is InChI=1S/C31H31FN10O3/c1-19-11-23(22(32)13-25(19)45-21-6-8-42-27(12-21)34-18-36-42)37-30-29-24(33-17-35-30)14-26-31(38-29)40-9-10-41(20(15-40)16-44-26)28(43)5-4-7-39(2)3/h4-6,8,11-14,17-18,20H,7,9-10,15-16H2,1-3H3,(H,33,35,37)/b5-4+/t20-/m0/s1/i2D3,3D3. The largest absolute Gasteiger partial charge is 0.487 e. The first-order valence-electron chi connectivity index (χ1n) is 17.1. The van der Waals surface area contributed by atoms with Crippen LogP contribution in [0.25, 0.3) is 16.7 Å². The number of aromatic nitrogens is 6. The van der Waals surface area contributed by atoms with E-state index in [9.17, 15) is 4.79 Å². The number of likely N-dealkylation sites (N-methyl/N-ethyl adjacent to an activating group) is 1. The lowest BCUT2D eigenvalue weighted by molar-refractivity contribution is -0.129. The zero-order valence-corrected chi connectivity index (χ0v) is 24.0. The highest BCUT2D eigenvalue weighted by Gasteiger charge is 2.35. The van der Waals surface area contributed by atoms with Crippen molar-refractivity contribution in [3.05, 3.63) is 72.7 Å². The van der Waals surface area contributed by atoms with E-state index in [1.54, 1.807) is 46.8 Å². The van der Waals surface area contributed by atoms with Crippen molar-refractivity contribution < 1.29 is 26.9 Å². The number of hydrogen-bond acceptors (Lipinski definition) is 11. The molecule has 1 N–H and O–H groups in total. The number of carbonyl (C=O) groups excluding carboxylic acids is 1. The number of halogens is 1. The number of pyridine rings is 2. The summed E-state index contributed by atoms with van der Waals surface area (Å²) in [4.78, 5) is 34.8. The number of amides is 1. The third-order valence-corrected chi connectivity index (χ3v) is 7.60. The number of nitrogens with one attached hydrogen (secondary N) is 1. The fourth-order valence-corrected chi connectivity index (χ4v) is 5.39. The molecule has 5 aromatic rings. The van der Waals surface area contributed by atoms with Crippen LogP contribution in [0.5, 0.6) is 17.2 Å². The molecule has 1 atom stereocenters. The minimum Gasteiger partial charge on any atom is -0.487 e. The summed E-state index contributed by atoms with van der Waals surface area (Å²) >= 11 is 0. The molecule has 1 amide bonds. The SMILES string of the molecule is [2H]C([2H])([2H])N(C/C=C/C(=O)N1CCN2C[C@H]1COc1cc3ncnc(Nc4cc(C)c(Oc5ccn6ncnc6c5)cc4F)c3nc12)C([2H])([2H])[2H]. The van der Waals surface area contributed by atoms with Crippen molar-refractivity contribution in [2.24, 2.45) is 0 Å². The molecule has 6 heterocycles. The van der Waals surface area contributed by atoms with Gasteiger partial charge in [-0.25, -0.2) is 28.8 Å². The zero-order chi connectivity index (χ0) is 36.1. The van der Waals surface area contributed by atoms with Gasteiger partial charge in [0.05, 0.1) is 17.2 Å². The number of nitrogens with zero attached hydrogens (tertiary/aromatic N) is 9. The quantitative estimate of drug-likeness (QED) is 0.270. The van der Waals surface area contributed by atoms with Gasteiger partial charge in [-0.05, 0) is 38.6 Å². The fraction of sp³-hybridized carbons (Fsp3) is 0.290. The molecule has 0 radical (unpaired) electrons. The first-order chi connectivity index (χ1) is 24.2. The molecule has 7 rings (SSSR count). The third kappa shape index (κ3) is 5.67. The van der Waals surface area contributed by atoms with Crippen molar-refractivity contribution in [1.29, 1.82) is 0 Å². The lowest BCUT2D eigenvalue weighted by Crippen LogP contribution is -2.56. The first kappa shape index (κ1) is 22.2. The number of anilines is 3. The average Bonchev–Trinajstić information content (AvgIpc) is 3.49. The maximum Gasteiger partial charge on any atom is 0.246 e. The Morgan fingerprint density at radius 1 is 1.22 bits per heavy atom. The summed E-state index contributed by atoms with van der Waals surface area (Å²) in [6.07, 6.45) is 6.89. The van der Waals surface area contributed by atoms with Crippen molar-refractivity contribution in [1.82, 2.24) is 39.3 Å². The Morgan fingerprint density at radius 3 is 3.02 bits per heavy atom. The highest BCUT2D eigenvalue weighted by Crippen LogP contribution is 2.37. The number of aryl methyl sites for hydroxylation is 1. The Balaban J connectivity index is 1.08. The molecule has 2 aliphatic heterocycles. The lowest BCUT2D eigenvalue weighted by atomic mass is 10.1. The van der Waals surface area contributed by atoms with Gasteiger partial charge in [-0.3, -0.25) is 4.79 Å². The molecule has 2 aliphatic rings. The van der Waals surface area contributed by atoms with Gasteiger partial charge in [0, 0.05) is 64.9 Å². The van der Waals surface area contributed by atoms with E-state index in [1.807, 2.05) is 4.90 Å². The van der Waals surface area contributed by atoms with Gasteiger partial charge in [0.15, 0.2) is 23.0 Å². The van der Waals surface area contributed by atoms with Crippen LogP contribution >= 0.6 is 0 Å². The van der Waals surface area contributed by atoms with Gasteiger partial charge in [-0.2, -0.15) is 5.10 Å². The number of rotatable bonds is 7. The number of fused-ring (bicyclic) bond motifs is 6. The fourth-order valence-electron chi connectivity index (χ4n) is 5.39. The summed E-state index contributed by atoms with van der Waals surface area (Å²) in [6.45, 7) is -3.14. The molecule has 230 valence electrons. The summed E-state index contributed by atoms with van der Waals surface area (Å²) in [5.74, 6) is 1.07. The van der Waals surface area contributed by atoms with Crippen molar-refractivity contribution >= 4 is 39.9 Å². The van der Waals surface area contributed by atoms with Gasteiger partial charge in [0.1, 0.15) is 42.1 Å². The Bertz CT molecular complexity index is 2150. The number of carbonyl (C=O) groups is 1. The Morgan fingerprint density at radius 2 is 2.13 bits per heavy atom. The molecule has 0 unspecified atom stereocenters. The van der Waals surface area contributed by atoms with E-state index in [2.05, 4.69) is 25.4 Å². The number of hydrogen-bond donors (Lipinski definition) is 1. The van der Waals surface area contributed by atoms with Gasteiger partial charge in [0.25, 0.3) is 0 Å². The molecule has 2 bridgehead atoms. The second kappa shape index (κ2) is 11.6. The summed E-state index contributed by atoms with van der Waals surface area (Å²) in [7, 11) is 0. The van der Waals surface area contributed by atoms with Crippen LogP contribution in [0.1, 0.15) is 13.8 Å². The number of ether oxygens (including phenoxy) is 2. The molecule has 0 spiro atoms. The van der Waals surface area contributed by atoms with Crippen LogP contribution in [0.15, 0.2) is 61.3 Å². The molecule has 45 heavy (non-hydrogen) atoms. The summed E-state index contributed by atoms with van der Waals surface area (Å²) in [5, 5.41) is 7.12. The Labute approximate surface area is 266 Å². The van der Waals surface area contributed by atoms with Gasteiger partial charge in [-0.1, -0.05) is 6.08 Å². The van der Waals surface area contributed by atoms with Crippen LogP contribution in [-0.2, 0) is 4.79 Å². The predicted octanol–water partition coefficient (Wildman–Crippen LogP) is 3.58. The predicted molar refractivity (Wildman–Crippen MR) is 166 cm³/mol. The molecule has 1 fully saturated rings. The van der Waals surface area contributed by atoms with Gasteiger partial charge >= 0.3 is 0 Å². The van der Waals surface area contributed by atoms with Crippen molar-refractivity contribution in [2.45, 2.75) is 13.0 Å². The molecule has 1 saturated heterocycles. The van der Waals surface area contributed by atoms with Crippen LogP contribution in [0.3, 0.4) is 0 Å². The second-order valence-corrected chi connectivity index (χ2v) is 10.6. The third-order valence-electron chi connectivity index (χ3n) is 7.60. The van der Waals surface area contributed by atoms with E-state index in [1.165, 1.54) is 30.9 Å². The molecule has 14 heteroatoms. The van der Waals surface area contributed by atoms with E-state index in [0.29, 0.717) is 69.8 Å². The lowest BCUT2D eigenvalue weighted by Gasteiger charge is -2.39. The second-order valence-electron chi connectivity index (χ2n) is 10.6. The van der Waals surface area contributed by atoms with Crippen LogP contribution in [-0.4, -0.2) is 98.0 Å². The molecule has 4 aromatic heterocycles. The smallest absolute Gasteiger partial charge is 0.246 e. The molecular formula is C31H31FN10O3. The monoisotopic (exact) mass is 616 g/mol. The maximum absolute atomic E-state index is 15.5. The molecular weight excluding hydrogens is 579 g/mol. The van der Waals surface area contributed by atoms with E-state index in [0.717, 1.165) is 0 Å². The van der Waals surface area contributed by atoms with E-state index in [-0.39, 0.29) is 24.2 Å². The zero-order valence-electron chi connectivity index (χ0n) is 30.0. The maximum atomic E-state index is 15.5. The highest BCUT2D eigenvalue weighted by atomic mass is 19.1. The minimum atomic E-state index is -2.86. The number of piperazine rings is 1. The summed E-state index contributed by atoms with van der Waals surface area (Å²) in [6, 6.07) is 7.64. The van der Waals surface area contributed by atoms with Crippen molar-refractivity contribution in [2.75, 3.05) is 57.0 Å². The van der Waals surface area contributed by atoms with Gasteiger partial charge in [-0.15, -0.1) is 0 Å². The van der Waals surface area contributed by atoms with E-state index >= 15 is 4.39 Å². The summed E-state index contributed by atoms with van der Waals surface area (Å²) < 4.78 is 74.2.